The van der Waals surface area contributed by atoms with Gasteiger partial charge in [0.15, 0.2) is 17.3 Å². The lowest BCUT2D eigenvalue weighted by atomic mass is 10.0. The Bertz CT molecular complexity index is 1410. The molecule has 2 aromatic carbocycles. The zero-order chi connectivity index (χ0) is 27.5. The highest BCUT2D eigenvalue weighted by molar-refractivity contribution is 5.96. The molecule has 0 bridgehead atoms. The molecule has 1 aliphatic carbocycles. The average Bonchev–Trinajstić information content (AvgIpc) is 3.51. The molecule has 2 aromatic heterocycles. The van der Waals surface area contributed by atoms with Crippen LogP contribution in [-0.4, -0.2) is 34.1 Å². The van der Waals surface area contributed by atoms with Gasteiger partial charge in [0, 0.05) is 24.1 Å². The van der Waals surface area contributed by atoms with E-state index in [0.29, 0.717) is 11.7 Å². The second-order valence-corrected chi connectivity index (χ2v) is 9.85. The number of aromatic nitrogens is 3. The lowest BCUT2D eigenvalue weighted by Gasteiger charge is -2.15. The minimum atomic E-state index is -0.597. The van der Waals surface area contributed by atoms with E-state index in [9.17, 15) is 9.59 Å². The molecule has 0 radical (unpaired) electrons. The topological polar surface area (TPSA) is 116 Å². The van der Waals surface area contributed by atoms with Gasteiger partial charge in [-0.2, -0.15) is 4.98 Å². The number of nitrogens with zero attached hydrogens (tertiary/aromatic N) is 3. The Morgan fingerprint density at radius 1 is 0.897 bits per heavy atom. The molecule has 3 atom stereocenters. The number of methoxy groups -OCH3 is 1. The molecule has 9 heteroatoms. The van der Waals surface area contributed by atoms with Gasteiger partial charge in [-0.1, -0.05) is 79.7 Å². The maximum absolute atomic E-state index is 13.2. The molecule has 2 unspecified atom stereocenters. The number of carbonyl (C=O) groups is 2. The Kier molecular flexibility index (Phi) is 7.40. The molecule has 1 saturated carbocycles. The Morgan fingerprint density at radius 3 is 2.08 bits per heavy atom. The van der Waals surface area contributed by atoms with Gasteiger partial charge in [0.05, 0.1) is 25.0 Å². The summed E-state index contributed by atoms with van der Waals surface area (Å²) in [6, 6.07) is 21.5. The molecule has 0 saturated heterocycles. The monoisotopic (exact) mass is 526 g/mol. The van der Waals surface area contributed by atoms with Crippen molar-refractivity contribution < 1.29 is 23.6 Å². The van der Waals surface area contributed by atoms with Gasteiger partial charge in [0.1, 0.15) is 0 Å². The van der Waals surface area contributed by atoms with Crippen molar-refractivity contribution in [1.82, 2.24) is 20.4 Å². The highest BCUT2D eigenvalue weighted by Gasteiger charge is 2.55. The number of pyridine rings is 1. The molecule has 1 N–H and O–H groups in total. The molecule has 9 nitrogen and oxygen atoms in total. The van der Waals surface area contributed by atoms with Crippen molar-refractivity contribution in [2.24, 2.45) is 5.92 Å². The zero-order valence-corrected chi connectivity index (χ0v) is 22.2. The van der Waals surface area contributed by atoms with Crippen molar-refractivity contribution in [3.8, 4) is 11.5 Å². The third-order valence-corrected chi connectivity index (χ3v) is 6.84. The molecule has 39 heavy (non-hydrogen) atoms. The summed E-state index contributed by atoms with van der Waals surface area (Å²) in [4.78, 5) is 34.3. The number of esters is 1. The molecule has 0 spiro atoms. The van der Waals surface area contributed by atoms with Gasteiger partial charge < -0.3 is 19.3 Å². The summed E-state index contributed by atoms with van der Waals surface area (Å²) in [6.45, 7) is 5.15. The largest absolute Gasteiger partial charge is 0.493 e. The lowest BCUT2D eigenvalue weighted by Crippen LogP contribution is -2.29. The normalized spacial score (nSPS) is 18.8. The van der Waals surface area contributed by atoms with Crippen LogP contribution in [0.15, 0.2) is 77.4 Å². The number of carbonyl (C=O) groups excluding carboxylic acids is 2. The number of hydrogen-bond acceptors (Lipinski definition) is 8. The zero-order valence-electron chi connectivity index (χ0n) is 22.2. The third kappa shape index (κ3) is 5.38. The number of nitrogens with one attached hydrogen (secondary N) is 1. The van der Waals surface area contributed by atoms with Crippen molar-refractivity contribution in [3.05, 3.63) is 101 Å². The van der Waals surface area contributed by atoms with E-state index in [0.717, 1.165) is 0 Å². The minimum Gasteiger partial charge on any atom is -0.493 e. The number of hydrogen-bond donors (Lipinski definition) is 1. The maximum Gasteiger partial charge on any atom is 0.313 e. The molecule has 1 fully saturated rings. The SMILES string of the molecule is COc1ccnc(C(=O)N[C@@H](C)c2noc(C3C(c4ccccc4)C3c3ccccc3)n2)c1OC(=O)C(C)C. The van der Waals surface area contributed by atoms with Gasteiger partial charge in [-0.05, 0) is 18.1 Å². The highest BCUT2D eigenvalue weighted by atomic mass is 16.6. The number of benzene rings is 2. The first-order chi connectivity index (χ1) is 18.9. The van der Waals surface area contributed by atoms with Crippen LogP contribution in [0.25, 0.3) is 0 Å². The maximum atomic E-state index is 13.2. The highest BCUT2D eigenvalue weighted by Crippen LogP contribution is 2.65. The van der Waals surface area contributed by atoms with E-state index in [1.807, 2.05) is 36.4 Å². The number of rotatable bonds is 9. The first kappa shape index (κ1) is 26.1. The molecular weight excluding hydrogens is 496 g/mol. The van der Waals surface area contributed by atoms with E-state index >= 15 is 0 Å². The van der Waals surface area contributed by atoms with Crippen LogP contribution in [-0.2, 0) is 4.79 Å². The van der Waals surface area contributed by atoms with Gasteiger partial charge in [-0.3, -0.25) is 9.59 Å². The van der Waals surface area contributed by atoms with Crippen molar-refractivity contribution in [2.75, 3.05) is 7.11 Å². The van der Waals surface area contributed by atoms with Crippen molar-refractivity contribution in [1.29, 1.82) is 0 Å². The molecule has 5 rings (SSSR count). The van der Waals surface area contributed by atoms with Gasteiger partial charge in [-0.15, -0.1) is 0 Å². The molecule has 4 aromatic rings. The van der Waals surface area contributed by atoms with Crippen LogP contribution in [0.5, 0.6) is 11.5 Å². The van der Waals surface area contributed by atoms with Crippen molar-refractivity contribution in [2.45, 2.75) is 44.6 Å². The third-order valence-electron chi connectivity index (χ3n) is 6.84. The fraction of sp³-hybridized carbons (Fsp3) is 0.300. The summed E-state index contributed by atoms with van der Waals surface area (Å²) < 4.78 is 16.5. The second-order valence-electron chi connectivity index (χ2n) is 9.85. The molecule has 1 amide bonds. The lowest BCUT2D eigenvalue weighted by molar-refractivity contribution is -0.137. The van der Waals surface area contributed by atoms with Crippen LogP contribution in [0.3, 0.4) is 0 Å². The van der Waals surface area contributed by atoms with E-state index in [1.54, 1.807) is 20.8 Å². The molecular formula is C30H30N4O5. The van der Waals surface area contributed by atoms with Crippen LogP contribution in [0.1, 0.15) is 77.9 Å². The Labute approximate surface area is 226 Å². The first-order valence-corrected chi connectivity index (χ1v) is 12.9. The van der Waals surface area contributed by atoms with Crippen LogP contribution < -0.4 is 14.8 Å². The predicted octanol–water partition coefficient (Wildman–Crippen LogP) is 5.19. The fourth-order valence-corrected chi connectivity index (χ4v) is 4.76. The summed E-state index contributed by atoms with van der Waals surface area (Å²) in [7, 11) is 1.43. The van der Waals surface area contributed by atoms with Crippen molar-refractivity contribution >= 4 is 11.9 Å². The molecule has 0 aliphatic heterocycles. The van der Waals surface area contributed by atoms with E-state index < -0.39 is 23.8 Å². The Morgan fingerprint density at radius 2 is 1.51 bits per heavy atom. The van der Waals surface area contributed by atoms with Crippen LogP contribution >= 0.6 is 0 Å². The summed E-state index contributed by atoms with van der Waals surface area (Å²) in [5.74, 6) is 0.0548. The van der Waals surface area contributed by atoms with Gasteiger partial charge in [-0.25, -0.2) is 4.98 Å². The van der Waals surface area contributed by atoms with E-state index in [2.05, 4.69) is 44.7 Å². The standard InChI is InChI=1S/C30H30N4O5/c1-17(2)30(36)38-26-21(37-4)15-16-31-25(26)28(35)32-18(3)27-33-29(39-34-27)24-22(19-11-7-5-8-12-19)23(24)20-13-9-6-10-14-20/h5-18,22-24H,1-4H3,(H,32,35)/t18-,22?,23?,24?/m0/s1. The quantitative estimate of drug-likeness (QED) is 0.296. The summed E-state index contributed by atoms with van der Waals surface area (Å²) in [5, 5.41) is 7.01. The summed E-state index contributed by atoms with van der Waals surface area (Å²) in [6.07, 6.45) is 1.41. The van der Waals surface area contributed by atoms with E-state index in [4.69, 9.17) is 14.0 Å². The molecule has 200 valence electrons. The number of ether oxygens (including phenoxy) is 2. The first-order valence-electron chi connectivity index (χ1n) is 12.9. The summed E-state index contributed by atoms with van der Waals surface area (Å²) in [5.41, 5.74) is 2.35. The van der Waals surface area contributed by atoms with Crippen LogP contribution in [0.2, 0.25) is 0 Å². The molecule has 1 aliphatic rings. The smallest absolute Gasteiger partial charge is 0.313 e. The fourth-order valence-electron chi connectivity index (χ4n) is 4.76. The predicted molar refractivity (Wildman–Crippen MR) is 143 cm³/mol. The molecule has 2 heterocycles. The van der Waals surface area contributed by atoms with Crippen molar-refractivity contribution in [3.63, 3.8) is 0 Å². The minimum absolute atomic E-state index is 0.0288. The Hall–Kier alpha value is -4.53. The van der Waals surface area contributed by atoms with E-state index in [-0.39, 0.29) is 34.9 Å². The van der Waals surface area contributed by atoms with Gasteiger partial charge >= 0.3 is 5.97 Å². The summed E-state index contributed by atoms with van der Waals surface area (Å²) >= 11 is 0. The number of amides is 1. The Balaban J connectivity index is 1.35. The van der Waals surface area contributed by atoms with Crippen LogP contribution in [0, 0.1) is 5.92 Å². The van der Waals surface area contributed by atoms with Gasteiger partial charge in [0.25, 0.3) is 5.91 Å². The second kappa shape index (κ2) is 11.1. The average molecular weight is 527 g/mol. The van der Waals surface area contributed by atoms with Crippen LogP contribution in [0.4, 0.5) is 0 Å². The van der Waals surface area contributed by atoms with E-state index in [1.165, 1.54) is 30.5 Å². The van der Waals surface area contributed by atoms with Gasteiger partial charge in [0.2, 0.25) is 11.6 Å².